The molecule has 0 spiro atoms. The molecule has 0 bridgehead atoms. The van der Waals surface area contributed by atoms with Gasteiger partial charge < -0.3 is 19.6 Å². The van der Waals surface area contributed by atoms with Crippen molar-refractivity contribution in [3.63, 3.8) is 0 Å². The molecule has 4 aromatic rings. The lowest BCUT2D eigenvalue weighted by atomic mass is 9.97. The topological polar surface area (TPSA) is 130 Å². The Balaban J connectivity index is 1.39. The molecule has 2 aromatic heterocycles. The maximum absolute atomic E-state index is 14.3. The summed E-state index contributed by atoms with van der Waals surface area (Å²) < 4.78 is 48.6. The van der Waals surface area contributed by atoms with Crippen molar-refractivity contribution in [2.75, 3.05) is 13.8 Å². The number of benzene rings is 2. The first-order chi connectivity index (χ1) is 22.2. The summed E-state index contributed by atoms with van der Waals surface area (Å²) in [6.07, 6.45) is 0.0150. The number of hydrogen-bond acceptors (Lipinski definition) is 7. The van der Waals surface area contributed by atoms with E-state index in [1.165, 1.54) is 29.0 Å². The molecule has 0 saturated heterocycles. The van der Waals surface area contributed by atoms with Gasteiger partial charge >= 0.3 is 14.8 Å². The van der Waals surface area contributed by atoms with Gasteiger partial charge in [0.05, 0.1) is 29.7 Å². The van der Waals surface area contributed by atoms with E-state index < -0.39 is 38.2 Å². The second kappa shape index (κ2) is 12.8. The van der Waals surface area contributed by atoms with Crippen molar-refractivity contribution in [1.29, 1.82) is 0 Å². The zero-order chi connectivity index (χ0) is 33.8. The molecule has 3 heterocycles. The van der Waals surface area contributed by atoms with E-state index in [0.717, 1.165) is 24.5 Å². The van der Waals surface area contributed by atoms with Gasteiger partial charge in [0, 0.05) is 39.8 Å². The van der Waals surface area contributed by atoms with Gasteiger partial charge in [0.15, 0.2) is 0 Å². The van der Waals surface area contributed by atoms with Crippen LogP contribution in [0.25, 0.3) is 11.3 Å². The van der Waals surface area contributed by atoms with Crippen LogP contribution in [0.15, 0.2) is 57.9 Å². The normalized spacial score (nSPS) is 16.5. The van der Waals surface area contributed by atoms with Gasteiger partial charge in [-0.1, -0.05) is 15.9 Å². The summed E-state index contributed by atoms with van der Waals surface area (Å²) in [5, 5.41) is 4.64. The molecule has 2 aliphatic rings. The summed E-state index contributed by atoms with van der Waals surface area (Å²) in [6.45, 7) is 1.39. The summed E-state index contributed by atoms with van der Waals surface area (Å²) >= 11 is 2.92. The maximum Gasteiger partial charge on any atom is 0.417 e. The van der Waals surface area contributed by atoms with E-state index in [1.807, 2.05) is 0 Å². The number of halogens is 4. The molecule has 47 heavy (non-hydrogen) atoms. The lowest BCUT2D eigenvalue weighted by molar-refractivity contribution is -0.138. The third-order valence-corrected chi connectivity index (χ3v) is 9.55. The van der Waals surface area contributed by atoms with Crippen LogP contribution in [0.4, 0.5) is 13.2 Å². The number of hydrogen-bond donors (Lipinski definition) is 2. The summed E-state index contributed by atoms with van der Waals surface area (Å²) in [7, 11) is -1.17. The number of carbonyl (C=O) groups excluding carboxylic acids is 2. The van der Waals surface area contributed by atoms with Crippen molar-refractivity contribution in [1.82, 2.24) is 24.0 Å². The molecule has 16 heteroatoms. The average molecular weight is 736 g/mol. The molecule has 1 saturated carbocycles. The van der Waals surface area contributed by atoms with Crippen LogP contribution < -0.4 is 5.56 Å². The summed E-state index contributed by atoms with van der Waals surface area (Å²) in [4.78, 5) is 61.4. The first-order valence-electron chi connectivity index (χ1n) is 14.7. The Morgan fingerprint density at radius 3 is 2.45 bits per heavy atom. The van der Waals surface area contributed by atoms with E-state index >= 15 is 0 Å². The molecule has 248 valence electrons. The Hall–Kier alpha value is -3.62. The number of rotatable bonds is 8. The summed E-state index contributed by atoms with van der Waals surface area (Å²) in [6, 6.07) is 9.28. The number of nitrogens with zero attached hydrogens (tertiary/aromatic N) is 5. The quantitative estimate of drug-likeness (QED) is 0.191. The lowest BCUT2D eigenvalue weighted by Gasteiger charge is -2.35. The van der Waals surface area contributed by atoms with Crippen molar-refractivity contribution < 1.29 is 37.1 Å². The van der Waals surface area contributed by atoms with E-state index in [1.54, 1.807) is 46.5 Å². The van der Waals surface area contributed by atoms with E-state index in [4.69, 9.17) is 14.3 Å². The number of carbonyl (C=O) groups is 2. The second-order valence-electron chi connectivity index (χ2n) is 11.9. The van der Waals surface area contributed by atoms with Crippen molar-refractivity contribution in [3.05, 3.63) is 97.0 Å². The van der Waals surface area contributed by atoms with Gasteiger partial charge in [-0.05, 0) is 81.0 Å². The largest absolute Gasteiger partial charge is 0.417 e. The molecule has 0 radical (unpaired) electrons. The van der Waals surface area contributed by atoms with Crippen LogP contribution in [0.5, 0.6) is 0 Å². The van der Waals surface area contributed by atoms with Crippen molar-refractivity contribution in [2.24, 2.45) is 5.92 Å². The minimum absolute atomic E-state index is 0.0321. The smallest absolute Gasteiger partial charge is 0.330 e. The molecular formula is C31H30BrF3N5O6P. The van der Waals surface area contributed by atoms with Crippen LogP contribution in [-0.2, 0) is 30.1 Å². The molecule has 2 N–H and O–H groups in total. The monoisotopic (exact) mass is 735 g/mol. The first-order valence-corrected chi connectivity index (χ1v) is 16.7. The Morgan fingerprint density at radius 1 is 1.13 bits per heavy atom. The molecule has 2 amide bonds. The standard InChI is InChI=1S/C31H30BrF3N5O6P/c1-17-11-23-26(15-38(17)29(42)20-7-10-25(32)24(13-20)31(33,34)35)40-27(21(14-36-40)12-18-3-4-18)39(30(23)43)22-8-5-19(6-9-22)28(41)37(2)16-46-47(44)45/h5-10,13-14,17-18,44-45H,3-4,11-12,15-16H2,1-2H3. The zero-order valence-corrected chi connectivity index (χ0v) is 27.7. The van der Waals surface area contributed by atoms with E-state index in [9.17, 15) is 27.6 Å². The molecule has 2 aromatic carbocycles. The van der Waals surface area contributed by atoms with Gasteiger partial charge in [0.1, 0.15) is 12.4 Å². The highest BCUT2D eigenvalue weighted by Crippen LogP contribution is 2.37. The minimum atomic E-state index is -4.65. The fourth-order valence-corrected chi connectivity index (χ4v) is 6.63. The van der Waals surface area contributed by atoms with Crippen LogP contribution in [0.2, 0.25) is 0 Å². The molecule has 1 aliphatic carbocycles. The van der Waals surface area contributed by atoms with E-state index in [0.29, 0.717) is 34.9 Å². The Labute approximate surface area is 276 Å². The summed E-state index contributed by atoms with van der Waals surface area (Å²) in [5.74, 6) is -0.562. The first kappa shape index (κ1) is 33.3. The minimum Gasteiger partial charge on any atom is -0.330 e. The molecule has 1 atom stereocenters. The number of fused-ring (bicyclic) bond motifs is 3. The molecule has 11 nitrogen and oxygen atoms in total. The lowest BCUT2D eigenvalue weighted by Crippen LogP contribution is -2.46. The average Bonchev–Trinajstić information content (AvgIpc) is 3.76. The van der Waals surface area contributed by atoms with Gasteiger partial charge in [-0.25, -0.2) is 4.52 Å². The van der Waals surface area contributed by atoms with Crippen molar-refractivity contribution in [3.8, 4) is 5.69 Å². The van der Waals surface area contributed by atoms with Gasteiger partial charge in [-0.15, -0.1) is 0 Å². The SMILES string of the molecule is CC1Cc2c(n3ncc(CC4CC4)c3n(-c3ccc(C(=O)N(C)COP(O)O)cc3)c2=O)CN1C(=O)c1ccc(Br)c(C(F)(F)F)c1. The van der Waals surface area contributed by atoms with Gasteiger partial charge in [0.25, 0.3) is 17.4 Å². The molecule has 1 unspecified atom stereocenters. The highest BCUT2D eigenvalue weighted by Gasteiger charge is 2.37. The zero-order valence-electron chi connectivity index (χ0n) is 25.2. The molecule has 1 fully saturated rings. The van der Waals surface area contributed by atoms with Gasteiger partial charge in [-0.2, -0.15) is 18.3 Å². The van der Waals surface area contributed by atoms with Gasteiger partial charge in [-0.3, -0.25) is 23.5 Å². The Bertz CT molecular complexity index is 1930. The van der Waals surface area contributed by atoms with Crippen LogP contribution in [0, 0.1) is 5.92 Å². The van der Waals surface area contributed by atoms with Crippen LogP contribution in [0.1, 0.15) is 62.9 Å². The number of aromatic nitrogens is 3. The maximum atomic E-state index is 14.3. The Morgan fingerprint density at radius 2 is 1.81 bits per heavy atom. The van der Waals surface area contributed by atoms with Crippen LogP contribution in [0.3, 0.4) is 0 Å². The third kappa shape index (κ3) is 6.59. The molecular weight excluding hydrogens is 706 g/mol. The summed E-state index contributed by atoms with van der Waals surface area (Å²) in [5.41, 5.74) is 1.69. The number of amides is 2. The fraction of sp³-hybridized carbons (Fsp3) is 0.355. The van der Waals surface area contributed by atoms with Crippen molar-refractivity contribution >= 4 is 42.0 Å². The fourth-order valence-electron chi connectivity index (χ4n) is 5.88. The third-order valence-electron chi connectivity index (χ3n) is 8.52. The molecule has 1 aliphatic heterocycles. The molecule has 6 rings (SSSR count). The van der Waals surface area contributed by atoms with Crippen LogP contribution >= 0.6 is 24.5 Å². The van der Waals surface area contributed by atoms with Crippen molar-refractivity contribution in [2.45, 2.75) is 51.4 Å². The van der Waals surface area contributed by atoms with E-state index in [-0.39, 0.29) is 40.9 Å². The van der Waals surface area contributed by atoms with E-state index in [2.05, 4.69) is 21.0 Å². The highest BCUT2D eigenvalue weighted by atomic mass is 79.9. The predicted molar refractivity (Wildman–Crippen MR) is 169 cm³/mol. The Kier molecular flexibility index (Phi) is 9.05. The second-order valence-corrected chi connectivity index (χ2v) is 13.5. The predicted octanol–water partition coefficient (Wildman–Crippen LogP) is 5.06. The van der Waals surface area contributed by atoms with Gasteiger partial charge in [0.2, 0.25) is 0 Å². The highest BCUT2D eigenvalue weighted by molar-refractivity contribution is 9.10. The van der Waals surface area contributed by atoms with Crippen LogP contribution in [-0.4, -0.2) is 65.4 Å². The number of alkyl halides is 3.